The maximum Gasteiger partial charge on any atom is 0.260 e. The molecule has 1 rings (SSSR count). The largest absolute Gasteiger partial charge is 0.479 e. The van der Waals surface area contributed by atoms with Gasteiger partial charge in [-0.05, 0) is 32.4 Å². The van der Waals surface area contributed by atoms with Gasteiger partial charge >= 0.3 is 0 Å². The van der Waals surface area contributed by atoms with Crippen LogP contribution in [0.2, 0.25) is 0 Å². The molecule has 5 heteroatoms. The van der Waals surface area contributed by atoms with E-state index in [0.717, 1.165) is 17.8 Å². The first-order valence-electron chi connectivity index (χ1n) is 7.58. The second kappa shape index (κ2) is 8.62. The zero-order valence-electron chi connectivity index (χ0n) is 13.7. The van der Waals surface area contributed by atoms with E-state index in [1.54, 1.807) is 6.92 Å². The van der Waals surface area contributed by atoms with E-state index in [9.17, 15) is 4.79 Å². The summed E-state index contributed by atoms with van der Waals surface area (Å²) in [6.07, 6.45) is 0.382. The fourth-order valence-corrected chi connectivity index (χ4v) is 1.77. The van der Waals surface area contributed by atoms with Crippen LogP contribution in [0.4, 0.5) is 0 Å². The Balaban J connectivity index is 2.74. The monoisotopic (exact) mass is 293 g/mol. The topological polar surface area (TPSA) is 63.2 Å². The van der Waals surface area contributed by atoms with Crippen molar-refractivity contribution >= 4 is 5.91 Å². The smallest absolute Gasteiger partial charge is 0.260 e. The molecule has 0 radical (unpaired) electrons. The highest BCUT2D eigenvalue weighted by atomic mass is 16.5. The highest BCUT2D eigenvalue weighted by Crippen LogP contribution is 2.18. The van der Waals surface area contributed by atoms with Gasteiger partial charge in [-0.1, -0.05) is 20.8 Å². The number of ether oxygens (including phenoxy) is 1. The first kappa shape index (κ1) is 17.4. The van der Waals surface area contributed by atoms with Crippen LogP contribution in [0.5, 0.6) is 5.75 Å². The lowest BCUT2D eigenvalue weighted by atomic mass is 10.2. The highest BCUT2D eigenvalue weighted by Gasteiger charge is 2.16. The zero-order valence-corrected chi connectivity index (χ0v) is 13.7. The van der Waals surface area contributed by atoms with Gasteiger partial charge in [0.15, 0.2) is 6.10 Å². The molecule has 0 aliphatic rings. The van der Waals surface area contributed by atoms with E-state index in [0.29, 0.717) is 24.9 Å². The summed E-state index contributed by atoms with van der Waals surface area (Å²) in [4.78, 5) is 16.4. The molecule has 1 aromatic heterocycles. The molecule has 21 heavy (non-hydrogen) atoms. The third-order valence-electron chi connectivity index (χ3n) is 2.97. The Morgan fingerprint density at radius 1 is 1.33 bits per heavy atom. The van der Waals surface area contributed by atoms with Crippen molar-refractivity contribution in [2.75, 3.05) is 6.54 Å². The zero-order chi connectivity index (χ0) is 15.8. The van der Waals surface area contributed by atoms with Gasteiger partial charge in [0.05, 0.1) is 5.69 Å². The van der Waals surface area contributed by atoms with Crippen LogP contribution in [-0.2, 0) is 11.3 Å². The van der Waals surface area contributed by atoms with E-state index in [-0.39, 0.29) is 5.91 Å². The normalized spacial score (nSPS) is 12.3. The number of amides is 1. The Labute approximate surface area is 127 Å². The fraction of sp³-hybridized carbons (Fsp3) is 0.625. The first-order chi connectivity index (χ1) is 9.93. The number of carbonyl (C=O) groups is 1. The molecule has 5 nitrogen and oxygen atoms in total. The van der Waals surface area contributed by atoms with E-state index < -0.39 is 6.10 Å². The van der Waals surface area contributed by atoms with Gasteiger partial charge in [-0.25, -0.2) is 0 Å². The number of pyridine rings is 1. The van der Waals surface area contributed by atoms with Crippen molar-refractivity contribution in [3.05, 3.63) is 23.5 Å². The van der Waals surface area contributed by atoms with Gasteiger partial charge in [0, 0.05) is 24.8 Å². The second-order valence-electron chi connectivity index (χ2n) is 5.48. The number of aromatic nitrogens is 1. The summed E-state index contributed by atoms with van der Waals surface area (Å²) in [6.45, 7) is 11.2. The van der Waals surface area contributed by atoms with Crippen LogP contribution >= 0.6 is 0 Å². The first-order valence-corrected chi connectivity index (χ1v) is 7.58. The van der Waals surface area contributed by atoms with Crippen LogP contribution in [0.15, 0.2) is 12.1 Å². The van der Waals surface area contributed by atoms with E-state index in [1.165, 1.54) is 0 Å². The van der Waals surface area contributed by atoms with Gasteiger partial charge in [-0.2, -0.15) is 0 Å². The molecule has 2 N–H and O–H groups in total. The van der Waals surface area contributed by atoms with E-state index >= 15 is 0 Å². The minimum atomic E-state index is -0.529. The van der Waals surface area contributed by atoms with Crippen molar-refractivity contribution in [1.82, 2.24) is 15.6 Å². The molecule has 0 aliphatic heterocycles. The Hall–Kier alpha value is -1.62. The summed E-state index contributed by atoms with van der Waals surface area (Å²) in [7, 11) is 0. The number of nitrogens with zero attached hydrogens (tertiary/aromatic N) is 1. The third-order valence-corrected chi connectivity index (χ3v) is 2.97. The van der Waals surface area contributed by atoms with Gasteiger partial charge in [-0.15, -0.1) is 0 Å². The molecule has 0 saturated heterocycles. The molecular weight excluding hydrogens is 266 g/mol. The minimum absolute atomic E-state index is 0.0970. The highest BCUT2D eigenvalue weighted by molar-refractivity contribution is 5.80. The number of carbonyl (C=O) groups excluding carboxylic acids is 1. The van der Waals surface area contributed by atoms with Crippen LogP contribution in [0, 0.1) is 6.92 Å². The van der Waals surface area contributed by atoms with Crippen LogP contribution in [0.1, 0.15) is 45.5 Å². The molecule has 118 valence electrons. The van der Waals surface area contributed by atoms with Gasteiger partial charge in [0.25, 0.3) is 5.91 Å². The summed E-state index contributed by atoms with van der Waals surface area (Å²) in [5, 5.41) is 6.16. The molecule has 1 atom stereocenters. The Morgan fingerprint density at radius 3 is 2.67 bits per heavy atom. The summed E-state index contributed by atoms with van der Waals surface area (Å²) in [6, 6.07) is 4.14. The second-order valence-corrected chi connectivity index (χ2v) is 5.48. The average molecular weight is 293 g/mol. The molecule has 0 bridgehead atoms. The SMILES string of the molecule is CCCNC(=O)C(C)Oc1ccc(C)nc1CNC(C)C. The van der Waals surface area contributed by atoms with Crippen molar-refractivity contribution in [3.8, 4) is 5.75 Å². The predicted octanol–water partition coefficient (Wildman–Crippen LogP) is 2.18. The quantitative estimate of drug-likeness (QED) is 0.771. The van der Waals surface area contributed by atoms with Crippen molar-refractivity contribution < 1.29 is 9.53 Å². The molecule has 1 unspecified atom stereocenters. The number of hydrogen-bond donors (Lipinski definition) is 2. The molecule has 0 spiro atoms. The standard InChI is InChI=1S/C16H27N3O2/c1-6-9-17-16(20)13(5)21-15-8-7-12(4)19-14(15)10-18-11(2)3/h7-8,11,13,18H,6,9-10H2,1-5H3,(H,17,20). The molecule has 0 fully saturated rings. The number of hydrogen-bond acceptors (Lipinski definition) is 4. The molecule has 0 aliphatic carbocycles. The maximum absolute atomic E-state index is 11.9. The van der Waals surface area contributed by atoms with Crippen LogP contribution in [0.25, 0.3) is 0 Å². The van der Waals surface area contributed by atoms with Gasteiger partial charge in [0.2, 0.25) is 0 Å². The summed E-state index contributed by atoms with van der Waals surface area (Å²) in [5.41, 5.74) is 1.77. The summed E-state index contributed by atoms with van der Waals surface area (Å²) < 4.78 is 5.78. The van der Waals surface area contributed by atoms with Crippen molar-refractivity contribution in [1.29, 1.82) is 0 Å². The van der Waals surface area contributed by atoms with Crippen molar-refractivity contribution in [2.45, 2.75) is 59.7 Å². The molecule has 0 aromatic carbocycles. The molecular formula is C16H27N3O2. The van der Waals surface area contributed by atoms with E-state index in [4.69, 9.17) is 4.74 Å². The van der Waals surface area contributed by atoms with E-state index in [2.05, 4.69) is 29.5 Å². The number of nitrogens with one attached hydrogen (secondary N) is 2. The maximum atomic E-state index is 11.9. The Kier molecular flexibility index (Phi) is 7.15. The van der Waals surface area contributed by atoms with E-state index in [1.807, 2.05) is 26.0 Å². The Morgan fingerprint density at radius 2 is 2.05 bits per heavy atom. The Bertz CT molecular complexity index is 461. The molecule has 0 saturated carbocycles. The van der Waals surface area contributed by atoms with Crippen molar-refractivity contribution in [2.24, 2.45) is 0 Å². The van der Waals surface area contributed by atoms with Gasteiger partial charge in [-0.3, -0.25) is 9.78 Å². The predicted molar refractivity (Wildman–Crippen MR) is 84.3 cm³/mol. The summed E-state index contributed by atoms with van der Waals surface area (Å²) >= 11 is 0. The van der Waals surface area contributed by atoms with Crippen LogP contribution in [-0.4, -0.2) is 29.6 Å². The lowest BCUT2D eigenvalue weighted by molar-refractivity contribution is -0.127. The van der Waals surface area contributed by atoms with Gasteiger partial charge in [0.1, 0.15) is 5.75 Å². The third kappa shape index (κ3) is 6.12. The number of aryl methyl sites for hydroxylation is 1. The summed E-state index contributed by atoms with van der Waals surface area (Å²) in [5.74, 6) is 0.563. The fourth-order valence-electron chi connectivity index (χ4n) is 1.77. The van der Waals surface area contributed by atoms with Crippen LogP contribution in [0.3, 0.4) is 0 Å². The lowest BCUT2D eigenvalue weighted by Crippen LogP contribution is -2.37. The number of rotatable bonds is 8. The van der Waals surface area contributed by atoms with Crippen LogP contribution < -0.4 is 15.4 Å². The average Bonchev–Trinajstić information content (AvgIpc) is 2.44. The molecule has 1 amide bonds. The van der Waals surface area contributed by atoms with Gasteiger partial charge < -0.3 is 15.4 Å². The minimum Gasteiger partial charge on any atom is -0.479 e. The lowest BCUT2D eigenvalue weighted by Gasteiger charge is -2.18. The molecule has 1 aromatic rings. The molecule has 1 heterocycles. The van der Waals surface area contributed by atoms with Crippen molar-refractivity contribution in [3.63, 3.8) is 0 Å².